The Balaban J connectivity index is 1.93. The van der Waals surface area contributed by atoms with E-state index in [-0.39, 0.29) is 5.97 Å². The van der Waals surface area contributed by atoms with E-state index in [0.29, 0.717) is 11.5 Å². The lowest BCUT2D eigenvalue weighted by molar-refractivity contribution is -0.153. The minimum Gasteiger partial charge on any atom is -0.463 e. The molecule has 0 bridgehead atoms. The molecule has 0 spiro atoms. The molecule has 1 unspecified atom stereocenters. The zero-order chi connectivity index (χ0) is 11.1. The van der Waals surface area contributed by atoms with Crippen LogP contribution in [0.1, 0.15) is 26.5 Å². The van der Waals surface area contributed by atoms with Crippen LogP contribution < -0.4 is 0 Å². The molecule has 1 aromatic rings. The molecule has 0 amide bonds. The summed E-state index contributed by atoms with van der Waals surface area (Å²) in [4.78, 5) is 15.6. The van der Waals surface area contributed by atoms with Crippen LogP contribution in [-0.4, -0.2) is 23.3 Å². The molecule has 2 rings (SSSR count). The average Bonchev–Trinajstić information content (AvgIpc) is 2.71. The molecule has 0 N–H and O–H groups in total. The third kappa shape index (κ3) is 2.26. The summed E-state index contributed by atoms with van der Waals surface area (Å²) in [6.07, 6.45) is 1.56. The topological polar surface area (TPSA) is 51.8 Å². The highest BCUT2D eigenvalue weighted by Gasteiger charge is 2.40. The summed E-state index contributed by atoms with van der Waals surface area (Å²) in [5.74, 6) is 0.333. The summed E-state index contributed by atoms with van der Waals surface area (Å²) in [6.45, 7) is 5.50. The van der Waals surface area contributed by atoms with E-state index in [9.17, 15) is 4.79 Å². The predicted molar refractivity (Wildman–Crippen MR) is 54.9 cm³/mol. The number of nitrogens with zero attached hydrogens (tertiary/aromatic N) is 1. The maximum absolute atomic E-state index is 11.5. The number of ether oxygens (including phenoxy) is 1. The quantitative estimate of drug-likeness (QED) is 0.695. The lowest BCUT2D eigenvalue weighted by atomic mass is 10.2. The fraction of sp³-hybridized carbons (Fsp3) is 0.455. The van der Waals surface area contributed by atoms with Crippen molar-refractivity contribution in [2.45, 2.75) is 32.4 Å². The highest BCUT2D eigenvalue weighted by molar-refractivity contribution is 6.23. The maximum Gasteiger partial charge on any atom is 0.337 e. The molecule has 4 nitrogen and oxygen atoms in total. The summed E-state index contributed by atoms with van der Waals surface area (Å²) < 4.78 is 10.3. The van der Waals surface area contributed by atoms with Gasteiger partial charge in [0.25, 0.3) is 0 Å². The first-order valence-electron chi connectivity index (χ1n) is 4.82. The van der Waals surface area contributed by atoms with Crippen LogP contribution in [0.5, 0.6) is 0 Å². The lowest BCUT2D eigenvalue weighted by Gasteiger charge is -2.18. The van der Waals surface area contributed by atoms with Crippen molar-refractivity contribution in [3.05, 3.63) is 24.2 Å². The van der Waals surface area contributed by atoms with Gasteiger partial charge in [0.1, 0.15) is 11.3 Å². The molecule has 1 atom stereocenters. The normalized spacial score (nSPS) is 19.7. The molecule has 0 saturated heterocycles. The fourth-order valence-electron chi connectivity index (χ4n) is 1.25. The molecule has 0 aliphatic carbocycles. The average molecular weight is 207 g/mol. The smallest absolute Gasteiger partial charge is 0.337 e. The Morgan fingerprint density at radius 3 is 2.80 bits per heavy atom. The van der Waals surface area contributed by atoms with Crippen molar-refractivity contribution in [1.29, 1.82) is 0 Å². The van der Waals surface area contributed by atoms with Crippen molar-refractivity contribution < 1.29 is 13.9 Å². The van der Waals surface area contributed by atoms with Crippen LogP contribution in [0.4, 0.5) is 0 Å². The number of hydrogen-bond donors (Lipinski definition) is 0. The van der Waals surface area contributed by atoms with Crippen molar-refractivity contribution in [1.82, 2.24) is 0 Å². The van der Waals surface area contributed by atoms with E-state index in [2.05, 4.69) is 4.99 Å². The van der Waals surface area contributed by atoms with Crippen LogP contribution >= 0.6 is 0 Å². The van der Waals surface area contributed by atoms with E-state index in [4.69, 9.17) is 9.15 Å². The van der Waals surface area contributed by atoms with Crippen molar-refractivity contribution >= 4 is 11.7 Å². The molecule has 0 saturated carbocycles. The monoisotopic (exact) mass is 207 g/mol. The van der Waals surface area contributed by atoms with E-state index in [1.165, 1.54) is 0 Å². The first kappa shape index (κ1) is 9.96. The number of carbonyl (C=O) groups excluding carboxylic acids is 1. The molecular formula is C11H13NO3. The minimum atomic E-state index is -0.469. The van der Waals surface area contributed by atoms with Gasteiger partial charge in [0, 0.05) is 0 Å². The van der Waals surface area contributed by atoms with Crippen molar-refractivity contribution in [2.75, 3.05) is 0 Å². The van der Waals surface area contributed by atoms with Crippen LogP contribution in [0.3, 0.4) is 0 Å². The van der Waals surface area contributed by atoms with Crippen LogP contribution in [0.2, 0.25) is 0 Å². The molecule has 0 fully saturated rings. The highest BCUT2D eigenvalue weighted by atomic mass is 16.6. The third-order valence-electron chi connectivity index (χ3n) is 1.86. The molecule has 1 aliphatic rings. The van der Waals surface area contributed by atoms with E-state index in [1.807, 2.05) is 20.8 Å². The van der Waals surface area contributed by atoms with Gasteiger partial charge in [-0.1, -0.05) is 0 Å². The number of carbonyl (C=O) groups is 1. The molecule has 0 radical (unpaired) electrons. The first-order chi connectivity index (χ1) is 6.97. The molecule has 1 aliphatic heterocycles. The van der Waals surface area contributed by atoms with Crippen molar-refractivity contribution in [3.8, 4) is 0 Å². The van der Waals surface area contributed by atoms with Crippen molar-refractivity contribution in [2.24, 2.45) is 4.99 Å². The van der Waals surface area contributed by atoms with E-state index in [0.717, 1.165) is 0 Å². The van der Waals surface area contributed by atoms with Gasteiger partial charge in [-0.3, -0.25) is 4.99 Å². The zero-order valence-corrected chi connectivity index (χ0v) is 8.98. The second-order valence-electron chi connectivity index (χ2n) is 4.43. The van der Waals surface area contributed by atoms with Gasteiger partial charge in [0.2, 0.25) is 0 Å². The zero-order valence-electron chi connectivity index (χ0n) is 8.98. The number of aliphatic imine (C=N–C) groups is 1. The second kappa shape index (κ2) is 3.22. The van der Waals surface area contributed by atoms with Crippen LogP contribution in [0, 0.1) is 0 Å². The van der Waals surface area contributed by atoms with E-state index < -0.39 is 11.6 Å². The van der Waals surface area contributed by atoms with Crippen molar-refractivity contribution in [3.63, 3.8) is 0 Å². The van der Waals surface area contributed by atoms with Gasteiger partial charge in [0.05, 0.1) is 6.26 Å². The van der Waals surface area contributed by atoms with Gasteiger partial charge < -0.3 is 9.15 Å². The third-order valence-corrected chi connectivity index (χ3v) is 1.86. The Hall–Kier alpha value is -1.58. The number of esters is 1. The van der Waals surface area contributed by atoms with Crippen LogP contribution in [-0.2, 0) is 9.53 Å². The number of furan rings is 1. The molecule has 2 heterocycles. The van der Waals surface area contributed by atoms with Crippen LogP contribution in [0.15, 0.2) is 27.8 Å². The van der Waals surface area contributed by atoms with E-state index in [1.54, 1.807) is 18.4 Å². The van der Waals surface area contributed by atoms with Gasteiger partial charge in [-0.2, -0.15) is 0 Å². The summed E-state index contributed by atoms with van der Waals surface area (Å²) in [5.41, 5.74) is 0.206. The Bertz CT molecular complexity index is 398. The lowest BCUT2D eigenvalue weighted by Crippen LogP contribution is -2.28. The predicted octanol–water partition coefficient (Wildman–Crippen LogP) is 1.79. The number of hydrogen-bond acceptors (Lipinski definition) is 4. The molecule has 4 heteroatoms. The SMILES string of the molecule is CC(C)(C)OC(=O)C1N=C1c1ccco1. The standard InChI is InChI=1S/C11H13NO3/c1-11(2,3)15-10(13)9-8(12-9)7-5-4-6-14-7/h4-6,9H,1-3H3. The molecule has 80 valence electrons. The number of rotatable bonds is 2. The highest BCUT2D eigenvalue weighted by Crippen LogP contribution is 2.23. The fourth-order valence-corrected chi connectivity index (χ4v) is 1.25. The van der Waals surface area contributed by atoms with E-state index >= 15 is 0 Å². The van der Waals surface area contributed by atoms with Gasteiger partial charge >= 0.3 is 5.97 Å². The molecule has 1 aromatic heterocycles. The molecule has 15 heavy (non-hydrogen) atoms. The summed E-state index contributed by atoms with van der Waals surface area (Å²) in [7, 11) is 0. The molecular weight excluding hydrogens is 194 g/mol. The maximum atomic E-state index is 11.5. The first-order valence-corrected chi connectivity index (χ1v) is 4.82. The molecule has 0 aromatic carbocycles. The minimum absolute atomic E-state index is 0.311. The second-order valence-corrected chi connectivity index (χ2v) is 4.43. The Morgan fingerprint density at radius 1 is 1.53 bits per heavy atom. The Labute approximate surface area is 87.9 Å². The summed E-state index contributed by atoms with van der Waals surface area (Å²) in [5, 5.41) is 0. The largest absolute Gasteiger partial charge is 0.463 e. The summed E-state index contributed by atoms with van der Waals surface area (Å²) >= 11 is 0. The summed E-state index contributed by atoms with van der Waals surface area (Å²) in [6, 6.07) is 3.08. The van der Waals surface area contributed by atoms with Crippen LogP contribution in [0.25, 0.3) is 0 Å². The Kier molecular flexibility index (Phi) is 2.14. The van der Waals surface area contributed by atoms with Gasteiger partial charge in [-0.25, -0.2) is 4.79 Å². The van der Waals surface area contributed by atoms with Gasteiger partial charge in [-0.05, 0) is 32.9 Å². The Morgan fingerprint density at radius 2 is 2.27 bits per heavy atom. The van der Waals surface area contributed by atoms with Gasteiger partial charge in [0.15, 0.2) is 11.8 Å². The van der Waals surface area contributed by atoms with Gasteiger partial charge in [-0.15, -0.1) is 0 Å².